The van der Waals surface area contributed by atoms with Gasteiger partial charge in [-0.15, -0.1) is 0 Å². The van der Waals surface area contributed by atoms with E-state index in [0.717, 1.165) is 9.21 Å². The van der Waals surface area contributed by atoms with Crippen molar-refractivity contribution >= 4 is 45.2 Å². The maximum absolute atomic E-state index is 12.9. The van der Waals surface area contributed by atoms with E-state index in [2.05, 4.69) is 10.6 Å². The molecule has 2 N–H and O–H groups in total. The smallest absolute Gasteiger partial charge is 0.325 e. The molecule has 1 aliphatic rings. The Bertz CT molecular complexity index is 1130. The Morgan fingerprint density at radius 1 is 1.10 bits per heavy atom. The van der Waals surface area contributed by atoms with Gasteiger partial charge < -0.3 is 10.6 Å². The second-order valence-corrected chi connectivity index (χ2v) is 9.90. The third kappa shape index (κ3) is 4.41. The summed E-state index contributed by atoms with van der Waals surface area (Å²) in [5.41, 5.74) is -0.449. The number of carbonyl (C=O) groups is 3. The summed E-state index contributed by atoms with van der Waals surface area (Å²) in [5, 5.41) is 5.66. The van der Waals surface area contributed by atoms with Crippen LogP contribution < -0.4 is 10.6 Å². The molecule has 9 nitrogen and oxygen atoms in total. The van der Waals surface area contributed by atoms with Crippen LogP contribution in [0.5, 0.6) is 0 Å². The Morgan fingerprint density at radius 2 is 1.68 bits per heavy atom. The molecular weight excluding hydrogens is 444 g/mol. The zero-order valence-electron chi connectivity index (χ0n) is 17.0. The fourth-order valence-electron chi connectivity index (χ4n) is 3.08. The third-order valence-corrected chi connectivity index (χ3v) is 7.00. The molecule has 0 aromatic heterocycles. The number of anilines is 1. The summed E-state index contributed by atoms with van der Waals surface area (Å²) in [4.78, 5) is 38.6. The van der Waals surface area contributed by atoms with Crippen molar-refractivity contribution in [2.45, 2.75) is 17.4 Å². The van der Waals surface area contributed by atoms with E-state index in [1.54, 1.807) is 31.2 Å². The van der Waals surface area contributed by atoms with Crippen LogP contribution in [-0.2, 0) is 25.2 Å². The van der Waals surface area contributed by atoms with Crippen LogP contribution >= 0.6 is 11.6 Å². The first-order valence-electron chi connectivity index (χ1n) is 9.18. The molecule has 164 valence electrons. The zero-order chi connectivity index (χ0) is 23.0. The number of hydrogen-bond acceptors (Lipinski definition) is 5. The fraction of sp³-hybridized carbons (Fsp3) is 0.250. The second-order valence-electron chi connectivity index (χ2n) is 7.31. The lowest BCUT2D eigenvalue weighted by atomic mass is 9.92. The number of carbonyl (C=O) groups excluding carboxylic acids is 3. The summed E-state index contributed by atoms with van der Waals surface area (Å²) in [7, 11) is -0.756. The van der Waals surface area contributed by atoms with E-state index in [1.807, 2.05) is 0 Å². The van der Waals surface area contributed by atoms with Crippen LogP contribution in [0.4, 0.5) is 10.5 Å². The maximum Gasteiger partial charge on any atom is 0.325 e. The first kappa shape index (κ1) is 22.7. The third-order valence-electron chi connectivity index (χ3n) is 4.91. The molecule has 2 aromatic rings. The predicted octanol–water partition coefficient (Wildman–Crippen LogP) is 2.00. The average molecular weight is 465 g/mol. The van der Waals surface area contributed by atoms with Crippen molar-refractivity contribution in [1.29, 1.82) is 0 Å². The molecule has 1 fully saturated rings. The number of hydrogen-bond donors (Lipinski definition) is 2. The number of amides is 4. The van der Waals surface area contributed by atoms with Gasteiger partial charge >= 0.3 is 6.03 Å². The summed E-state index contributed by atoms with van der Waals surface area (Å²) >= 11 is 5.88. The summed E-state index contributed by atoms with van der Waals surface area (Å²) in [6.07, 6.45) is 0. The van der Waals surface area contributed by atoms with Gasteiger partial charge in [-0.25, -0.2) is 17.5 Å². The first-order valence-corrected chi connectivity index (χ1v) is 11.0. The van der Waals surface area contributed by atoms with Gasteiger partial charge in [0.1, 0.15) is 12.1 Å². The monoisotopic (exact) mass is 464 g/mol. The Morgan fingerprint density at radius 3 is 2.23 bits per heavy atom. The van der Waals surface area contributed by atoms with E-state index in [-0.39, 0.29) is 4.90 Å². The summed E-state index contributed by atoms with van der Waals surface area (Å²) in [6, 6.07) is 11.4. The molecule has 0 unspecified atom stereocenters. The van der Waals surface area contributed by atoms with Crippen LogP contribution in [0, 0.1) is 0 Å². The van der Waals surface area contributed by atoms with Crippen LogP contribution in [0.2, 0.25) is 5.02 Å². The largest absolute Gasteiger partial charge is 0.325 e. The SMILES string of the molecule is CN(C)S(=O)(=O)c1ccc(NC(=O)CN2C(=O)N[C@](C)(c3ccc(Cl)cc3)C2=O)cc1. The molecule has 0 radical (unpaired) electrons. The van der Waals surface area contributed by atoms with Crippen molar-refractivity contribution in [2.75, 3.05) is 26.0 Å². The van der Waals surface area contributed by atoms with E-state index < -0.39 is 40.0 Å². The molecule has 1 heterocycles. The topological polar surface area (TPSA) is 116 Å². The van der Waals surface area contributed by atoms with Crippen LogP contribution in [0.25, 0.3) is 0 Å². The molecule has 1 aliphatic heterocycles. The van der Waals surface area contributed by atoms with E-state index in [0.29, 0.717) is 16.3 Å². The quantitative estimate of drug-likeness (QED) is 0.634. The van der Waals surface area contributed by atoms with E-state index in [1.165, 1.54) is 38.4 Å². The molecule has 0 bridgehead atoms. The first-order chi connectivity index (χ1) is 14.4. The number of urea groups is 1. The minimum absolute atomic E-state index is 0.0725. The molecule has 0 spiro atoms. The highest BCUT2D eigenvalue weighted by Gasteiger charge is 2.49. The number of benzene rings is 2. The van der Waals surface area contributed by atoms with Crippen molar-refractivity contribution in [3.8, 4) is 0 Å². The number of rotatable bonds is 6. The summed E-state index contributed by atoms with van der Waals surface area (Å²) in [6.45, 7) is 1.06. The van der Waals surface area contributed by atoms with Gasteiger partial charge in [-0.2, -0.15) is 0 Å². The van der Waals surface area contributed by atoms with E-state index in [9.17, 15) is 22.8 Å². The van der Waals surface area contributed by atoms with Gasteiger partial charge in [0, 0.05) is 24.8 Å². The highest BCUT2D eigenvalue weighted by Crippen LogP contribution is 2.29. The summed E-state index contributed by atoms with van der Waals surface area (Å²) < 4.78 is 25.3. The van der Waals surface area contributed by atoms with Crippen LogP contribution in [-0.4, -0.2) is 56.1 Å². The van der Waals surface area contributed by atoms with E-state index >= 15 is 0 Å². The Labute approximate surface area is 185 Å². The standard InChI is InChI=1S/C20H21ClN4O5S/c1-20(13-4-6-14(21)7-5-13)18(27)25(19(28)23-20)12-17(26)22-15-8-10-16(11-9-15)31(29,30)24(2)3/h4-11H,12H2,1-3H3,(H,22,26)(H,23,28)/t20-/m1/s1. The average Bonchev–Trinajstić information content (AvgIpc) is 2.92. The van der Waals surface area contributed by atoms with Crippen molar-refractivity contribution in [1.82, 2.24) is 14.5 Å². The molecule has 0 aliphatic carbocycles. The number of halogens is 1. The molecular formula is C20H21ClN4O5S. The van der Waals surface area contributed by atoms with Gasteiger partial charge in [0.25, 0.3) is 5.91 Å². The molecule has 2 aromatic carbocycles. The van der Waals surface area contributed by atoms with Crippen molar-refractivity contribution < 1.29 is 22.8 Å². The highest BCUT2D eigenvalue weighted by atomic mass is 35.5. The predicted molar refractivity (Wildman–Crippen MR) is 115 cm³/mol. The van der Waals surface area contributed by atoms with Crippen LogP contribution in [0.3, 0.4) is 0 Å². The van der Waals surface area contributed by atoms with Crippen molar-refractivity contribution in [3.05, 3.63) is 59.1 Å². The lowest BCUT2D eigenvalue weighted by Gasteiger charge is -2.22. The Kier molecular flexibility index (Phi) is 6.08. The minimum Gasteiger partial charge on any atom is -0.325 e. The normalized spacial score (nSPS) is 18.9. The molecule has 1 atom stereocenters. The number of nitrogens with one attached hydrogen (secondary N) is 2. The Hall–Kier alpha value is -2.95. The van der Waals surface area contributed by atoms with Crippen LogP contribution in [0.1, 0.15) is 12.5 Å². The maximum atomic E-state index is 12.9. The van der Waals surface area contributed by atoms with Crippen molar-refractivity contribution in [3.63, 3.8) is 0 Å². The van der Waals surface area contributed by atoms with Gasteiger partial charge in [-0.05, 0) is 48.9 Å². The molecule has 11 heteroatoms. The van der Waals surface area contributed by atoms with Gasteiger partial charge in [0.2, 0.25) is 15.9 Å². The van der Waals surface area contributed by atoms with Gasteiger partial charge in [0.05, 0.1) is 4.90 Å². The van der Waals surface area contributed by atoms with Gasteiger partial charge in [-0.1, -0.05) is 23.7 Å². The summed E-state index contributed by atoms with van der Waals surface area (Å²) in [5.74, 6) is -1.17. The van der Waals surface area contributed by atoms with Gasteiger partial charge in [0.15, 0.2) is 0 Å². The molecule has 3 rings (SSSR count). The number of imide groups is 1. The number of sulfonamides is 1. The number of nitrogens with zero attached hydrogens (tertiary/aromatic N) is 2. The lowest BCUT2D eigenvalue weighted by molar-refractivity contribution is -0.133. The highest BCUT2D eigenvalue weighted by molar-refractivity contribution is 7.89. The molecule has 1 saturated heterocycles. The van der Waals surface area contributed by atoms with E-state index in [4.69, 9.17) is 11.6 Å². The second kappa shape index (κ2) is 8.29. The van der Waals surface area contributed by atoms with Crippen molar-refractivity contribution in [2.24, 2.45) is 0 Å². The fourth-order valence-corrected chi connectivity index (χ4v) is 4.11. The zero-order valence-corrected chi connectivity index (χ0v) is 18.6. The van der Waals surface area contributed by atoms with Crippen LogP contribution in [0.15, 0.2) is 53.4 Å². The van der Waals surface area contributed by atoms with Gasteiger partial charge in [-0.3, -0.25) is 14.5 Å². The molecule has 4 amide bonds. The molecule has 0 saturated carbocycles. The lowest BCUT2D eigenvalue weighted by Crippen LogP contribution is -2.42. The molecule has 31 heavy (non-hydrogen) atoms. The Balaban J connectivity index is 1.70. The minimum atomic E-state index is -3.59.